The molecule has 2 rings (SSSR count). The molecule has 2 aliphatic heterocycles. The van der Waals surface area contributed by atoms with Gasteiger partial charge in [-0.25, -0.2) is 0 Å². The van der Waals surface area contributed by atoms with Crippen molar-refractivity contribution >= 4 is 5.78 Å². The van der Waals surface area contributed by atoms with Crippen LogP contribution in [0.4, 0.5) is 0 Å². The van der Waals surface area contributed by atoms with E-state index in [1.54, 1.807) is 13.8 Å². The van der Waals surface area contributed by atoms with Crippen molar-refractivity contribution in [2.75, 3.05) is 6.61 Å². The van der Waals surface area contributed by atoms with Crippen molar-refractivity contribution in [2.45, 2.75) is 51.3 Å². The molecule has 5 heteroatoms. The number of fused-ring (bicyclic) bond motifs is 2. The first-order chi connectivity index (χ1) is 7.72. The van der Waals surface area contributed by atoms with Gasteiger partial charge in [-0.1, -0.05) is 13.8 Å². The summed E-state index contributed by atoms with van der Waals surface area (Å²) in [4.78, 5) is 12.3. The molecule has 0 aromatic heterocycles. The predicted octanol–water partition coefficient (Wildman–Crippen LogP) is 0.0848. The summed E-state index contributed by atoms with van der Waals surface area (Å²) in [6.07, 6.45) is -1.94. The van der Waals surface area contributed by atoms with E-state index in [9.17, 15) is 15.0 Å². The normalized spacial score (nSPS) is 45.1. The molecule has 0 radical (unpaired) electrons. The minimum atomic E-state index is -1.69. The monoisotopic (exact) mass is 244 g/mol. The van der Waals surface area contributed by atoms with E-state index in [4.69, 9.17) is 9.47 Å². The van der Waals surface area contributed by atoms with Gasteiger partial charge in [-0.05, 0) is 19.8 Å². The van der Waals surface area contributed by atoms with Crippen molar-refractivity contribution in [1.29, 1.82) is 0 Å². The van der Waals surface area contributed by atoms with E-state index in [0.717, 1.165) is 0 Å². The lowest BCUT2D eigenvalue weighted by Gasteiger charge is -2.55. The lowest BCUT2D eigenvalue weighted by molar-refractivity contribution is -0.320. The first kappa shape index (κ1) is 13.0. The van der Waals surface area contributed by atoms with Crippen molar-refractivity contribution < 1.29 is 24.5 Å². The van der Waals surface area contributed by atoms with Crippen molar-refractivity contribution in [1.82, 2.24) is 0 Å². The third-order valence-corrected chi connectivity index (χ3v) is 3.90. The van der Waals surface area contributed by atoms with Gasteiger partial charge in [-0.15, -0.1) is 0 Å². The Morgan fingerprint density at radius 1 is 1.41 bits per heavy atom. The summed E-state index contributed by atoms with van der Waals surface area (Å²) < 4.78 is 11.0. The van der Waals surface area contributed by atoms with Crippen molar-refractivity contribution in [3.63, 3.8) is 0 Å². The van der Waals surface area contributed by atoms with E-state index in [0.29, 0.717) is 0 Å². The summed E-state index contributed by atoms with van der Waals surface area (Å²) in [7, 11) is 0. The third-order valence-electron chi connectivity index (χ3n) is 3.90. The fourth-order valence-corrected chi connectivity index (χ4v) is 2.74. The van der Waals surface area contributed by atoms with Crippen LogP contribution in [0.5, 0.6) is 0 Å². The van der Waals surface area contributed by atoms with Crippen molar-refractivity contribution in [2.24, 2.45) is 11.8 Å². The molecule has 0 aromatic carbocycles. The van der Waals surface area contributed by atoms with E-state index in [1.165, 1.54) is 0 Å². The fourth-order valence-electron chi connectivity index (χ4n) is 2.74. The van der Waals surface area contributed by atoms with Crippen LogP contribution in [0.25, 0.3) is 0 Å². The Labute approximate surface area is 101 Å². The zero-order valence-electron chi connectivity index (χ0n) is 10.6. The predicted molar refractivity (Wildman–Crippen MR) is 59.2 cm³/mol. The van der Waals surface area contributed by atoms with E-state index < -0.39 is 29.5 Å². The maximum absolute atomic E-state index is 12.3. The van der Waals surface area contributed by atoms with Gasteiger partial charge in [-0.3, -0.25) is 4.79 Å². The van der Waals surface area contributed by atoms with Crippen LogP contribution in [-0.2, 0) is 14.3 Å². The van der Waals surface area contributed by atoms with Gasteiger partial charge in [0.05, 0.1) is 12.5 Å². The Morgan fingerprint density at radius 2 is 2.00 bits per heavy atom. The molecule has 2 saturated heterocycles. The molecule has 5 nitrogen and oxygen atoms in total. The molecule has 2 aliphatic rings. The minimum absolute atomic E-state index is 0.0835. The van der Waals surface area contributed by atoms with Crippen LogP contribution in [0.2, 0.25) is 0 Å². The summed E-state index contributed by atoms with van der Waals surface area (Å²) in [5.41, 5.74) is -2.70. The lowest BCUT2D eigenvalue weighted by atomic mass is 9.67. The highest BCUT2D eigenvalue weighted by Gasteiger charge is 2.66. The number of ether oxygens (including phenoxy) is 2. The van der Waals surface area contributed by atoms with Crippen LogP contribution in [0.1, 0.15) is 27.7 Å². The van der Waals surface area contributed by atoms with E-state index in [2.05, 4.69) is 0 Å². The highest BCUT2D eigenvalue weighted by Crippen LogP contribution is 2.45. The highest BCUT2D eigenvalue weighted by atomic mass is 16.6. The molecule has 0 unspecified atom stereocenters. The second kappa shape index (κ2) is 3.75. The summed E-state index contributed by atoms with van der Waals surface area (Å²) in [5.74, 6) is -1.25. The summed E-state index contributed by atoms with van der Waals surface area (Å²) in [6.45, 7) is 7.12. The largest absolute Gasteiger partial charge is 0.377 e. The molecular formula is C12H20O5. The van der Waals surface area contributed by atoms with Gasteiger partial charge in [-0.2, -0.15) is 0 Å². The molecule has 0 aromatic rings. The Bertz CT molecular complexity index is 338. The molecule has 0 amide bonds. The lowest BCUT2D eigenvalue weighted by Crippen LogP contribution is -2.75. The molecule has 2 bridgehead atoms. The third kappa shape index (κ3) is 1.57. The van der Waals surface area contributed by atoms with Gasteiger partial charge in [0.2, 0.25) is 0 Å². The molecule has 0 aliphatic carbocycles. The number of carbonyl (C=O) groups excluding carboxylic acids is 1. The number of hydrogen-bond acceptors (Lipinski definition) is 5. The SMILES string of the molecule is CC(C)[C@@H]1O[C@H](O)[C@H]2COC(C)(C)[C@]1(O)C2=O. The molecular weight excluding hydrogens is 224 g/mol. The maximum Gasteiger partial charge on any atom is 0.180 e. The number of ketones is 1. The van der Waals surface area contributed by atoms with Crippen molar-refractivity contribution in [3.05, 3.63) is 0 Å². The Morgan fingerprint density at radius 3 is 2.53 bits per heavy atom. The zero-order chi connectivity index (χ0) is 13.0. The van der Waals surface area contributed by atoms with Crippen molar-refractivity contribution in [3.8, 4) is 0 Å². The number of carbonyl (C=O) groups is 1. The number of Topliss-reactive ketones (excluding diaryl/α,β-unsaturated/α-hetero) is 1. The molecule has 17 heavy (non-hydrogen) atoms. The van der Waals surface area contributed by atoms with Crippen LogP contribution < -0.4 is 0 Å². The number of rotatable bonds is 1. The first-order valence-corrected chi connectivity index (χ1v) is 5.96. The van der Waals surface area contributed by atoms with E-state index in [1.807, 2.05) is 13.8 Å². The van der Waals surface area contributed by atoms with Gasteiger partial charge in [0, 0.05) is 0 Å². The number of hydrogen-bond donors (Lipinski definition) is 2. The summed E-state index contributed by atoms with van der Waals surface area (Å²) in [6, 6.07) is 0. The van der Waals surface area contributed by atoms with Gasteiger partial charge < -0.3 is 19.7 Å². The summed E-state index contributed by atoms with van der Waals surface area (Å²) >= 11 is 0. The molecule has 2 N–H and O–H groups in total. The van der Waals surface area contributed by atoms with Gasteiger partial charge >= 0.3 is 0 Å². The smallest absolute Gasteiger partial charge is 0.180 e. The van der Waals surface area contributed by atoms with Crippen LogP contribution in [0.15, 0.2) is 0 Å². The maximum atomic E-state index is 12.3. The fraction of sp³-hybridized carbons (Fsp3) is 0.917. The minimum Gasteiger partial charge on any atom is -0.377 e. The second-order valence-corrected chi connectivity index (χ2v) is 5.75. The first-order valence-electron chi connectivity index (χ1n) is 5.96. The van der Waals surface area contributed by atoms with Crippen LogP contribution in [0.3, 0.4) is 0 Å². The summed E-state index contributed by atoms with van der Waals surface area (Å²) in [5, 5.41) is 20.5. The zero-order valence-corrected chi connectivity index (χ0v) is 10.6. The van der Waals surface area contributed by atoms with Crippen LogP contribution >= 0.6 is 0 Å². The van der Waals surface area contributed by atoms with Gasteiger partial charge in [0.15, 0.2) is 17.7 Å². The molecule has 4 atom stereocenters. The average Bonchev–Trinajstić information content (AvgIpc) is 2.20. The topological polar surface area (TPSA) is 76.0 Å². The van der Waals surface area contributed by atoms with Crippen LogP contribution in [-0.4, -0.2) is 46.2 Å². The standard InChI is InChI=1S/C12H20O5/c1-6(2)9-12(15)8(13)7(10(14)17-9)5-16-11(12,3)4/h6-7,9-10,14-15H,5H2,1-4H3/t7-,9-,10-,12-/m0/s1. The highest BCUT2D eigenvalue weighted by molar-refractivity contribution is 5.93. The quantitative estimate of drug-likeness (QED) is 0.683. The Kier molecular flexibility index (Phi) is 2.86. The second-order valence-electron chi connectivity index (χ2n) is 5.75. The van der Waals surface area contributed by atoms with Gasteiger partial charge in [0.1, 0.15) is 11.7 Å². The molecule has 2 fully saturated rings. The van der Waals surface area contributed by atoms with Gasteiger partial charge in [0.25, 0.3) is 0 Å². The molecule has 2 heterocycles. The average molecular weight is 244 g/mol. The molecule has 0 saturated carbocycles. The Hall–Kier alpha value is -0.490. The number of aliphatic hydroxyl groups excluding tert-OH is 1. The number of aliphatic hydroxyl groups is 2. The Balaban J connectivity index is 2.47. The molecule has 98 valence electrons. The van der Waals surface area contributed by atoms with E-state index in [-0.39, 0.29) is 18.3 Å². The van der Waals surface area contributed by atoms with E-state index >= 15 is 0 Å². The molecule has 0 spiro atoms. The van der Waals surface area contributed by atoms with Crippen LogP contribution in [0, 0.1) is 11.8 Å².